The number of aliphatic hydroxyl groups is 3. The van der Waals surface area contributed by atoms with Crippen LogP contribution in [0.5, 0.6) is 0 Å². The molecular formula is C19H40O4. The van der Waals surface area contributed by atoms with Crippen LogP contribution in [0.25, 0.3) is 0 Å². The lowest BCUT2D eigenvalue weighted by Gasteiger charge is -2.36. The molecule has 140 valence electrons. The second-order valence-electron chi connectivity index (χ2n) is 6.81. The lowest BCUT2D eigenvalue weighted by molar-refractivity contribution is -0.117. The molecule has 0 aromatic rings. The standard InChI is InChI=1S/C19H40O4/c1-3-5-7-9-11-13-18(19(15-20,16-21)17-22)23-14-12-10-8-6-4-2/h18,20-22H,3-17H2,1-2H3. The van der Waals surface area contributed by atoms with Gasteiger partial charge in [-0.1, -0.05) is 71.6 Å². The van der Waals surface area contributed by atoms with Gasteiger partial charge in [0, 0.05) is 6.61 Å². The molecule has 0 aliphatic heterocycles. The van der Waals surface area contributed by atoms with Crippen LogP contribution in [-0.4, -0.2) is 47.9 Å². The van der Waals surface area contributed by atoms with E-state index in [1.54, 1.807) is 0 Å². The predicted molar refractivity (Wildman–Crippen MR) is 95.6 cm³/mol. The zero-order chi connectivity index (χ0) is 17.4. The average Bonchev–Trinajstić information content (AvgIpc) is 2.58. The Kier molecular flexibility index (Phi) is 15.3. The number of aliphatic hydroxyl groups excluding tert-OH is 3. The van der Waals surface area contributed by atoms with Crippen molar-refractivity contribution < 1.29 is 20.1 Å². The maximum absolute atomic E-state index is 9.66. The van der Waals surface area contributed by atoms with E-state index in [0.717, 1.165) is 32.1 Å². The minimum atomic E-state index is -0.922. The van der Waals surface area contributed by atoms with E-state index >= 15 is 0 Å². The van der Waals surface area contributed by atoms with Gasteiger partial charge in [0.05, 0.1) is 31.3 Å². The Morgan fingerprint density at radius 3 is 1.65 bits per heavy atom. The fraction of sp³-hybridized carbons (Fsp3) is 1.00. The molecule has 0 rings (SSSR count). The Bertz CT molecular complexity index is 233. The van der Waals surface area contributed by atoms with Crippen molar-refractivity contribution in [3.63, 3.8) is 0 Å². The molecule has 4 nitrogen and oxygen atoms in total. The van der Waals surface area contributed by atoms with Gasteiger partial charge in [-0.2, -0.15) is 0 Å². The number of hydrogen-bond donors (Lipinski definition) is 3. The highest BCUT2D eigenvalue weighted by Crippen LogP contribution is 2.28. The first-order valence-electron chi connectivity index (χ1n) is 9.64. The summed E-state index contributed by atoms with van der Waals surface area (Å²) in [4.78, 5) is 0. The van der Waals surface area contributed by atoms with Crippen LogP contribution >= 0.6 is 0 Å². The van der Waals surface area contributed by atoms with Crippen LogP contribution in [-0.2, 0) is 4.74 Å². The highest BCUT2D eigenvalue weighted by molar-refractivity contribution is 4.86. The molecule has 1 atom stereocenters. The molecule has 0 radical (unpaired) electrons. The lowest BCUT2D eigenvalue weighted by Crippen LogP contribution is -2.46. The van der Waals surface area contributed by atoms with Crippen LogP contribution < -0.4 is 0 Å². The smallest absolute Gasteiger partial charge is 0.0697 e. The zero-order valence-electron chi connectivity index (χ0n) is 15.4. The van der Waals surface area contributed by atoms with Crippen molar-refractivity contribution in [1.29, 1.82) is 0 Å². The van der Waals surface area contributed by atoms with Gasteiger partial charge in [0.15, 0.2) is 0 Å². The second kappa shape index (κ2) is 15.4. The third-order valence-corrected chi connectivity index (χ3v) is 4.76. The molecule has 0 saturated heterocycles. The summed E-state index contributed by atoms with van der Waals surface area (Å²) in [5, 5.41) is 29.0. The molecule has 0 amide bonds. The van der Waals surface area contributed by atoms with E-state index < -0.39 is 5.41 Å². The molecule has 23 heavy (non-hydrogen) atoms. The second-order valence-corrected chi connectivity index (χ2v) is 6.81. The number of rotatable bonds is 17. The average molecular weight is 333 g/mol. The first-order valence-corrected chi connectivity index (χ1v) is 9.64. The number of hydrogen-bond acceptors (Lipinski definition) is 4. The van der Waals surface area contributed by atoms with Crippen molar-refractivity contribution in [2.24, 2.45) is 5.41 Å². The monoisotopic (exact) mass is 332 g/mol. The Morgan fingerprint density at radius 2 is 1.17 bits per heavy atom. The SMILES string of the molecule is CCCCCCCOC(CCCCCCC)C(CO)(CO)CO. The fourth-order valence-electron chi connectivity index (χ4n) is 2.89. The molecular weight excluding hydrogens is 292 g/mol. The molecule has 0 aliphatic carbocycles. The quantitative estimate of drug-likeness (QED) is 0.355. The molecule has 0 saturated carbocycles. The molecule has 0 bridgehead atoms. The molecule has 0 spiro atoms. The van der Waals surface area contributed by atoms with Gasteiger partial charge in [0.2, 0.25) is 0 Å². The van der Waals surface area contributed by atoms with E-state index in [0.29, 0.717) is 6.61 Å². The molecule has 0 fully saturated rings. The van der Waals surface area contributed by atoms with Crippen molar-refractivity contribution in [2.75, 3.05) is 26.4 Å². The zero-order valence-corrected chi connectivity index (χ0v) is 15.4. The van der Waals surface area contributed by atoms with Gasteiger partial charge in [-0.15, -0.1) is 0 Å². The molecule has 4 heteroatoms. The van der Waals surface area contributed by atoms with E-state index in [1.807, 2.05) is 0 Å². The van der Waals surface area contributed by atoms with Crippen LogP contribution in [0.3, 0.4) is 0 Å². The van der Waals surface area contributed by atoms with E-state index in [1.165, 1.54) is 38.5 Å². The Balaban J connectivity index is 4.31. The molecule has 3 N–H and O–H groups in total. The van der Waals surface area contributed by atoms with Crippen LogP contribution in [0, 0.1) is 5.41 Å². The van der Waals surface area contributed by atoms with E-state index in [4.69, 9.17) is 4.74 Å². The largest absolute Gasteiger partial charge is 0.396 e. The third-order valence-electron chi connectivity index (χ3n) is 4.76. The first-order chi connectivity index (χ1) is 11.2. The van der Waals surface area contributed by atoms with Crippen molar-refractivity contribution in [3.8, 4) is 0 Å². The summed E-state index contributed by atoms with van der Waals surface area (Å²) in [6.45, 7) is 4.31. The van der Waals surface area contributed by atoms with Crippen molar-refractivity contribution in [3.05, 3.63) is 0 Å². The Morgan fingerprint density at radius 1 is 0.696 bits per heavy atom. The van der Waals surface area contributed by atoms with Crippen LogP contribution in [0.4, 0.5) is 0 Å². The van der Waals surface area contributed by atoms with Gasteiger partial charge in [-0.25, -0.2) is 0 Å². The van der Waals surface area contributed by atoms with Gasteiger partial charge in [0.25, 0.3) is 0 Å². The van der Waals surface area contributed by atoms with Crippen molar-refractivity contribution in [1.82, 2.24) is 0 Å². The predicted octanol–water partition coefficient (Wildman–Crippen LogP) is 3.67. The Labute approximate surface area is 143 Å². The van der Waals surface area contributed by atoms with Crippen LogP contribution in [0.2, 0.25) is 0 Å². The van der Waals surface area contributed by atoms with Crippen LogP contribution in [0.15, 0.2) is 0 Å². The number of ether oxygens (including phenoxy) is 1. The van der Waals surface area contributed by atoms with Gasteiger partial charge in [0.1, 0.15) is 0 Å². The highest BCUT2D eigenvalue weighted by atomic mass is 16.5. The molecule has 0 aromatic heterocycles. The molecule has 0 aromatic carbocycles. The number of unbranched alkanes of at least 4 members (excludes halogenated alkanes) is 8. The van der Waals surface area contributed by atoms with E-state index in [9.17, 15) is 15.3 Å². The van der Waals surface area contributed by atoms with Crippen molar-refractivity contribution >= 4 is 0 Å². The molecule has 1 unspecified atom stereocenters. The normalized spacial score (nSPS) is 13.4. The topological polar surface area (TPSA) is 69.9 Å². The summed E-state index contributed by atoms with van der Waals surface area (Å²) in [5.74, 6) is 0. The van der Waals surface area contributed by atoms with Crippen molar-refractivity contribution in [2.45, 2.75) is 90.6 Å². The first kappa shape index (κ1) is 22.8. The lowest BCUT2D eigenvalue weighted by atomic mass is 9.81. The Hall–Kier alpha value is -0.160. The maximum Gasteiger partial charge on any atom is 0.0697 e. The van der Waals surface area contributed by atoms with Gasteiger partial charge >= 0.3 is 0 Å². The summed E-state index contributed by atoms with van der Waals surface area (Å²) in [5.41, 5.74) is -0.922. The summed E-state index contributed by atoms with van der Waals surface area (Å²) in [6, 6.07) is 0. The maximum atomic E-state index is 9.66. The minimum absolute atomic E-state index is 0.241. The minimum Gasteiger partial charge on any atom is -0.396 e. The third kappa shape index (κ3) is 9.65. The highest BCUT2D eigenvalue weighted by Gasteiger charge is 2.38. The van der Waals surface area contributed by atoms with Gasteiger partial charge in [-0.3, -0.25) is 0 Å². The summed E-state index contributed by atoms with van der Waals surface area (Å²) < 4.78 is 5.99. The summed E-state index contributed by atoms with van der Waals surface area (Å²) in [6.07, 6.45) is 12.2. The summed E-state index contributed by atoms with van der Waals surface area (Å²) >= 11 is 0. The van der Waals surface area contributed by atoms with Gasteiger partial charge < -0.3 is 20.1 Å². The van der Waals surface area contributed by atoms with E-state index in [-0.39, 0.29) is 25.9 Å². The summed E-state index contributed by atoms with van der Waals surface area (Å²) in [7, 11) is 0. The molecule has 0 heterocycles. The fourth-order valence-corrected chi connectivity index (χ4v) is 2.89. The van der Waals surface area contributed by atoms with E-state index in [2.05, 4.69) is 13.8 Å². The van der Waals surface area contributed by atoms with Crippen LogP contribution in [0.1, 0.15) is 84.5 Å². The van der Waals surface area contributed by atoms with Gasteiger partial charge in [-0.05, 0) is 12.8 Å². The molecule has 0 aliphatic rings.